The van der Waals surface area contributed by atoms with Crippen molar-refractivity contribution >= 4 is 5.97 Å². The molecule has 0 fully saturated rings. The first-order valence-electron chi connectivity index (χ1n) is 5.81. The van der Waals surface area contributed by atoms with E-state index in [1.54, 1.807) is 24.3 Å². The third-order valence-electron chi connectivity index (χ3n) is 2.82. The fourth-order valence-electron chi connectivity index (χ4n) is 1.86. The number of halogens is 3. The van der Waals surface area contributed by atoms with E-state index < -0.39 is 23.5 Å². The molecule has 8 heteroatoms. The normalized spacial score (nSPS) is 11.4. The van der Waals surface area contributed by atoms with Gasteiger partial charge in [0.1, 0.15) is 5.75 Å². The highest BCUT2D eigenvalue weighted by atomic mass is 19.4. The molecule has 0 radical (unpaired) electrons. The summed E-state index contributed by atoms with van der Waals surface area (Å²) in [6.07, 6.45) is -3.94. The van der Waals surface area contributed by atoms with E-state index in [1.807, 2.05) is 0 Å². The summed E-state index contributed by atoms with van der Waals surface area (Å²) in [6.45, 7) is -0.0330. The van der Waals surface area contributed by atoms with Crippen LogP contribution in [0.15, 0.2) is 30.6 Å². The number of imidazole rings is 1. The highest BCUT2D eigenvalue weighted by molar-refractivity contribution is 5.87. The average molecular weight is 300 g/mol. The van der Waals surface area contributed by atoms with Crippen LogP contribution in [0.2, 0.25) is 0 Å². The zero-order valence-corrected chi connectivity index (χ0v) is 10.9. The van der Waals surface area contributed by atoms with Gasteiger partial charge >= 0.3 is 12.1 Å². The Bertz CT molecular complexity index is 648. The highest BCUT2D eigenvalue weighted by Gasteiger charge is 2.39. The number of carbonyl (C=O) groups is 1. The number of nitrogens with zero attached hydrogens (tertiary/aromatic N) is 2. The molecule has 0 aliphatic carbocycles. The molecule has 0 amide bonds. The van der Waals surface area contributed by atoms with Crippen LogP contribution in [-0.4, -0.2) is 27.7 Å². The Morgan fingerprint density at radius 1 is 1.33 bits per heavy atom. The van der Waals surface area contributed by atoms with Crippen molar-refractivity contribution in [3.05, 3.63) is 47.5 Å². The summed E-state index contributed by atoms with van der Waals surface area (Å²) in [4.78, 5) is 14.2. The molecular formula is C13H11F3N2O3. The second-order valence-electron chi connectivity index (χ2n) is 4.22. The van der Waals surface area contributed by atoms with Crippen LogP contribution in [0.25, 0.3) is 0 Å². The van der Waals surface area contributed by atoms with Crippen molar-refractivity contribution in [2.45, 2.75) is 12.7 Å². The lowest BCUT2D eigenvalue weighted by Gasteiger charge is -2.09. The maximum absolute atomic E-state index is 12.7. The smallest absolute Gasteiger partial charge is 0.435 e. The monoisotopic (exact) mass is 300 g/mol. The third kappa shape index (κ3) is 3.15. The molecule has 1 aromatic carbocycles. The van der Waals surface area contributed by atoms with Crippen LogP contribution in [-0.2, 0) is 12.7 Å². The number of alkyl halides is 3. The van der Waals surface area contributed by atoms with Crippen molar-refractivity contribution < 1.29 is 27.8 Å². The Kier molecular flexibility index (Phi) is 3.88. The summed E-state index contributed by atoms with van der Waals surface area (Å²) in [5, 5.41) is 8.98. The maximum atomic E-state index is 12.7. The van der Waals surface area contributed by atoms with Crippen molar-refractivity contribution in [3.8, 4) is 5.75 Å². The van der Waals surface area contributed by atoms with Gasteiger partial charge in [-0.3, -0.25) is 0 Å². The number of aromatic carboxylic acids is 1. The molecule has 2 rings (SSSR count). The molecule has 112 valence electrons. The van der Waals surface area contributed by atoms with Gasteiger partial charge in [-0.1, -0.05) is 12.1 Å². The Morgan fingerprint density at radius 2 is 1.95 bits per heavy atom. The van der Waals surface area contributed by atoms with E-state index >= 15 is 0 Å². The molecule has 1 heterocycles. The Labute approximate surface area is 117 Å². The fourth-order valence-corrected chi connectivity index (χ4v) is 1.86. The molecule has 0 atom stereocenters. The second-order valence-corrected chi connectivity index (χ2v) is 4.22. The molecule has 0 spiro atoms. The van der Waals surface area contributed by atoms with E-state index in [1.165, 1.54) is 7.11 Å². The van der Waals surface area contributed by atoms with Gasteiger partial charge in [-0.2, -0.15) is 13.2 Å². The number of carboxylic acids is 1. The Balaban J connectivity index is 2.35. The molecule has 21 heavy (non-hydrogen) atoms. The minimum absolute atomic E-state index is 0.0330. The summed E-state index contributed by atoms with van der Waals surface area (Å²) in [7, 11) is 1.49. The predicted octanol–water partition coefficient (Wildman–Crippen LogP) is 2.66. The van der Waals surface area contributed by atoms with E-state index in [4.69, 9.17) is 9.84 Å². The molecule has 1 N–H and O–H groups in total. The van der Waals surface area contributed by atoms with Gasteiger partial charge in [0.05, 0.1) is 13.4 Å². The van der Waals surface area contributed by atoms with E-state index in [0.717, 1.165) is 10.9 Å². The van der Waals surface area contributed by atoms with Gasteiger partial charge in [0, 0.05) is 6.54 Å². The minimum Gasteiger partial charge on any atom is -0.497 e. The topological polar surface area (TPSA) is 64.4 Å². The van der Waals surface area contributed by atoms with Crippen molar-refractivity contribution in [2.24, 2.45) is 0 Å². The lowest BCUT2D eigenvalue weighted by atomic mass is 10.2. The van der Waals surface area contributed by atoms with Gasteiger partial charge in [-0.15, -0.1) is 0 Å². The van der Waals surface area contributed by atoms with Gasteiger partial charge in [-0.05, 0) is 17.7 Å². The minimum atomic E-state index is -4.81. The molecule has 0 bridgehead atoms. The van der Waals surface area contributed by atoms with Gasteiger partial charge < -0.3 is 14.4 Å². The molecule has 2 aromatic rings. The van der Waals surface area contributed by atoms with Gasteiger partial charge in [-0.25, -0.2) is 9.78 Å². The lowest BCUT2D eigenvalue weighted by Crippen LogP contribution is -2.16. The van der Waals surface area contributed by atoms with Crippen LogP contribution < -0.4 is 4.74 Å². The molecule has 1 aromatic heterocycles. The molecule has 0 aliphatic heterocycles. The van der Waals surface area contributed by atoms with E-state index in [0.29, 0.717) is 11.3 Å². The first-order valence-corrected chi connectivity index (χ1v) is 5.81. The summed E-state index contributed by atoms with van der Waals surface area (Å²) >= 11 is 0. The van der Waals surface area contributed by atoms with E-state index in [2.05, 4.69) is 4.98 Å². The fraction of sp³-hybridized carbons (Fsp3) is 0.231. The summed E-state index contributed by atoms with van der Waals surface area (Å²) < 4.78 is 44.0. The number of hydrogen-bond acceptors (Lipinski definition) is 3. The predicted molar refractivity (Wildman–Crippen MR) is 66.3 cm³/mol. The molecule has 0 saturated heterocycles. The van der Waals surface area contributed by atoms with Crippen LogP contribution in [0.5, 0.6) is 5.75 Å². The average Bonchev–Trinajstić information content (AvgIpc) is 2.83. The highest BCUT2D eigenvalue weighted by Crippen LogP contribution is 2.31. The second kappa shape index (κ2) is 5.47. The van der Waals surface area contributed by atoms with Crippen molar-refractivity contribution in [3.63, 3.8) is 0 Å². The maximum Gasteiger partial charge on any atom is 0.435 e. The standard InChI is InChI=1S/C13H11F3N2O3/c1-21-9-4-2-8(3-5-9)6-18-7-17-11(13(14,15)16)10(18)12(19)20/h2-5,7H,6H2,1H3,(H,19,20). The molecule has 5 nitrogen and oxygen atoms in total. The molecular weight excluding hydrogens is 289 g/mol. The van der Waals surface area contributed by atoms with Crippen LogP contribution in [0, 0.1) is 0 Å². The van der Waals surface area contributed by atoms with Crippen LogP contribution in [0.4, 0.5) is 13.2 Å². The Hall–Kier alpha value is -2.51. The van der Waals surface area contributed by atoms with E-state index in [9.17, 15) is 18.0 Å². The first kappa shape index (κ1) is 14.9. The SMILES string of the molecule is COc1ccc(Cn2cnc(C(F)(F)F)c2C(=O)O)cc1. The number of hydrogen-bond donors (Lipinski definition) is 1. The first-order chi connectivity index (χ1) is 9.82. The molecule has 0 aliphatic rings. The van der Waals surface area contributed by atoms with Crippen LogP contribution in [0.3, 0.4) is 0 Å². The van der Waals surface area contributed by atoms with Crippen molar-refractivity contribution in [1.82, 2.24) is 9.55 Å². The zero-order chi connectivity index (χ0) is 15.6. The summed E-state index contributed by atoms with van der Waals surface area (Å²) in [5.74, 6) is -1.08. The molecule has 0 unspecified atom stereocenters. The van der Waals surface area contributed by atoms with Gasteiger partial charge in [0.2, 0.25) is 0 Å². The van der Waals surface area contributed by atoms with Gasteiger partial charge in [0.15, 0.2) is 11.4 Å². The number of methoxy groups -OCH3 is 1. The van der Waals surface area contributed by atoms with Crippen molar-refractivity contribution in [1.29, 1.82) is 0 Å². The third-order valence-corrected chi connectivity index (χ3v) is 2.82. The summed E-state index contributed by atoms with van der Waals surface area (Å²) in [5.41, 5.74) is -1.65. The van der Waals surface area contributed by atoms with Crippen LogP contribution >= 0.6 is 0 Å². The number of benzene rings is 1. The van der Waals surface area contributed by atoms with Crippen LogP contribution in [0.1, 0.15) is 21.7 Å². The van der Waals surface area contributed by atoms with Crippen molar-refractivity contribution in [2.75, 3.05) is 7.11 Å². The number of aromatic nitrogens is 2. The number of rotatable bonds is 4. The number of ether oxygens (including phenoxy) is 1. The van der Waals surface area contributed by atoms with Gasteiger partial charge in [0.25, 0.3) is 0 Å². The quantitative estimate of drug-likeness (QED) is 0.943. The van der Waals surface area contributed by atoms with E-state index in [-0.39, 0.29) is 6.54 Å². The largest absolute Gasteiger partial charge is 0.497 e. The Morgan fingerprint density at radius 3 is 2.43 bits per heavy atom. The summed E-state index contributed by atoms with van der Waals surface area (Å²) in [6, 6.07) is 6.55. The lowest BCUT2D eigenvalue weighted by molar-refractivity contribution is -0.141. The zero-order valence-electron chi connectivity index (χ0n) is 10.9. The number of carboxylic acid groups (broad SMARTS) is 1. The molecule has 0 saturated carbocycles.